The number of likely N-dealkylation sites (tertiary alicyclic amines) is 1. The van der Waals surface area contributed by atoms with Crippen LogP contribution in [0.3, 0.4) is 0 Å². The SMILES string of the molecule is CC1(C)CCC(C)(C)c2cc(C3CSC(N4CCC(N[C@@H]5CC[C@H](O)[C@@H]5O)CC4)=N3)ccc21. The van der Waals surface area contributed by atoms with Crippen molar-refractivity contribution in [2.75, 3.05) is 18.8 Å². The molecule has 3 N–H and O–H groups in total. The van der Waals surface area contributed by atoms with Crippen molar-refractivity contribution in [3.8, 4) is 0 Å². The van der Waals surface area contributed by atoms with E-state index in [0.29, 0.717) is 12.5 Å². The van der Waals surface area contributed by atoms with E-state index in [2.05, 4.69) is 56.1 Å². The highest BCUT2D eigenvalue weighted by molar-refractivity contribution is 8.14. The molecule has 182 valence electrons. The first-order valence-corrected chi connectivity index (χ1v) is 13.9. The highest BCUT2D eigenvalue weighted by Gasteiger charge is 2.38. The Hall–Kier alpha value is -1.08. The second kappa shape index (κ2) is 8.85. The summed E-state index contributed by atoms with van der Waals surface area (Å²) >= 11 is 1.91. The van der Waals surface area contributed by atoms with Crippen LogP contribution in [0.15, 0.2) is 23.2 Å². The molecule has 0 amide bonds. The lowest BCUT2D eigenvalue weighted by atomic mass is 9.63. The molecule has 2 aliphatic heterocycles. The Kier molecular flexibility index (Phi) is 6.34. The summed E-state index contributed by atoms with van der Waals surface area (Å²) in [6.07, 6.45) is 4.99. The van der Waals surface area contributed by atoms with Gasteiger partial charge in [-0.15, -0.1) is 0 Å². The third kappa shape index (κ3) is 4.61. The zero-order valence-corrected chi connectivity index (χ0v) is 21.5. The second-order valence-corrected chi connectivity index (χ2v) is 13.0. The third-order valence-electron chi connectivity index (χ3n) is 8.69. The summed E-state index contributed by atoms with van der Waals surface area (Å²) in [6, 6.07) is 7.89. The van der Waals surface area contributed by atoms with E-state index in [1.165, 1.54) is 34.7 Å². The molecule has 5 rings (SSSR count). The van der Waals surface area contributed by atoms with Crippen molar-refractivity contribution in [2.24, 2.45) is 4.99 Å². The van der Waals surface area contributed by atoms with Crippen LogP contribution < -0.4 is 5.32 Å². The summed E-state index contributed by atoms with van der Waals surface area (Å²) in [6.45, 7) is 11.6. The van der Waals surface area contributed by atoms with Crippen molar-refractivity contribution in [1.82, 2.24) is 10.2 Å². The van der Waals surface area contributed by atoms with E-state index in [1.54, 1.807) is 0 Å². The zero-order chi connectivity index (χ0) is 23.4. The van der Waals surface area contributed by atoms with Crippen LogP contribution in [0.5, 0.6) is 0 Å². The summed E-state index contributed by atoms with van der Waals surface area (Å²) in [7, 11) is 0. The number of aliphatic hydroxyl groups excluding tert-OH is 2. The molecule has 4 atom stereocenters. The van der Waals surface area contributed by atoms with Crippen molar-refractivity contribution in [2.45, 2.75) is 107 Å². The Morgan fingerprint density at radius 3 is 2.33 bits per heavy atom. The highest BCUT2D eigenvalue weighted by atomic mass is 32.2. The molecule has 0 radical (unpaired) electrons. The fourth-order valence-corrected chi connectivity index (χ4v) is 7.34. The Labute approximate surface area is 203 Å². The lowest BCUT2D eigenvalue weighted by molar-refractivity contribution is 0.0269. The van der Waals surface area contributed by atoms with Gasteiger partial charge in [0.15, 0.2) is 5.17 Å². The van der Waals surface area contributed by atoms with Crippen LogP contribution in [0, 0.1) is 0 Å². The summed E-state index contributed by atoms with van der Waals surface area (Å²) in [5.41, 5.74) is 4.90. The quantitative estimate of drug-likeness (QED) is 0.619. The van der Waals surface area contributed by atoms with Gasteiger partial charge in [-0.1, -0.05) is 57.7 Å². The van der Waals surface area contributed by atoms with Crippen molar-refractivity contribution in [3.63, 3.8) is 0 Å². The van der Waals surface area contributed by atoms with Crippen LogP contribution in [0.1, 0.15) is 89.0 Å². The number of piperidine rings is 1. The summed E-state index contributed by atoms with van der Waals surface area (Å²) in [4.78, 5) is 7.63. The van der Waals surface area contributed by atoms with Crippen molar-refractivity contribution >= 4 is 16.9 Å². The number of nitrogens with one attached hydrogen (secondary N) is 1. The number of thioether (sulfide) groups is 1. The van der Waals surface area contributed by atoms with E-state index >= 15 is 0 Å². The average molecular weight is 472 g/mol. The van der Waals surface area contributed by atoms with E-state index in [0.717, 1.165) is 38.1 Å². The predicted molar refractivity (Wildman–Crippen MR) is 137 cm³/mol. The van der Waals surface area contributed by atoms with Crippen LogP contribution in [-0.2, 0) is 10.8 Å². The average Bonchev–Trinajstić information content (AvgIpc) is 3.40. The molecule has 0 aromatic heterocycles. The molecule has 1 saturated heterocycles. The van der Waals surface area contributed by atoms with Gasteiger partial charge in [0.25, 0.3) is 0 Å². The van der Waals surface area contributed by atoms with E-state index in [4.69, 9.17) is 4.99 Å². The Morgan fingerprint density at radius 1 is 0.970 bits per heavy atom. The molecule has 0 bridgehead atoms. The van der Waals surface area contributed by atoms with Crippen molar-refractivity contribution in [1.29, 1.82) is 0 Å². The standard InChI is InChI=1S/C27H41N3O2S/c1-26(2)11-12-27(3,4)20-15-17(5-6-19(20)26)22-16-33-25(29-22)30-13-9-18(10-14-30)28-21-7-8-23(31)24(21)32/h5-6,15,18,21-24,28,31-32H,7-14,16H2,1-4H3/t21-,22?,23+,24-/m1/s1. The molecule has 1 aromatic rings. The molecule has 33 heavy (non-hydrogen) atoms. The van der Waals surface area contributed by atoms with Gasteiger partial charge in [0.1, 0.15) is 0 Å². The van der Waals surface area contributed by atoms with E-state index in [-0.39, 0.29) is 22.9 Å². The zero-order valence-electron chi connectivity index (χ0n) is 20.7. The topological polar surface area (TPSA) is 68.1 Å². The minimum atomic E-state index is -0.620. The minimum Gasteiger partial charge on any atom is -0.390 e. The number of benzene rings is 1. The molecule has 2 heterocycles. The first-order chi connectivity index (χ1) is 15.6. The lowest BCUT2D eigenvalue weighted by Crippen LogP contribution is -2.50. The second-order valence-electron chi connectivity index (χ2n) is 12.0. The number of amidine groups is 1. The normalized spacial score (nSPS) is 33.8. The van der Waals surface area contributed by atoms with Crippen molar-refractivity contribution in [3.05, 3.63) is 34.9 Å². The summed E-state index contributed by atoms with van der Waals surface area (Å²) in [5.74, 6) is 1.03. The monoisotopic (exact) mass is 471 g/mol. The van der Waals surface area contributed by atoms with Gasteiger partial charge >= 0.3 is 0 Å². The van der Waals surface area contributed by atoms with Gasteiger partial charge in [0, 0.05) is 30.9 Å². The molecule has 6 heteroatoms. The maximum atomic E-state index is 10.1. The molecule has 2 aliphatic carbocycles. The van der Waals surface area contributed by atoms with Crippen molar-refractivity contribution < 1.29 is 10.2 Å². The van der Waals surface area contributed by atoms with Crippen LogP contribution >= 0.6 is 11.8 Å². The van der Waals surface area contributed by atoms with Gasteiger partial charge in [-0.3, -0.25) is 4.99 Å². The number of fused-ring (bicyclic) bond motifs is 1. The van der Waals surface area contributed by atoms with Crippen LogP contribution in [0.2, 0.25) is 0 Å². The fourth-order valence-electron chi connectivity index (χ4n) is 6.20. The molecule has 1 aromatic carbocycles. The number of rotatable bonds is 3. The molecule has 4 aliphatic rings. The molecule has 2 fully saturated rings. The molecule has 1 unspecified atom stereocenters. The lowest BCUT2D eigenvalue weighted by Gasteiger charge is -2.42. The van der Waals surface area contributed by atoms with Gasteiger partial charge in [0.05, 0.1) is 18.2 Å². The van der Waals surface area contributed by atoms with Crippen LogP contribution in [0.4, 0.5) is 0 Å². The Morgan fingerprint density at radius 2 is 1.67 bits per heavy atom. The third-order valence-corrected chi connectivity index (χ3v) is 9.80. The predicted octanol–water partition coefficient (Wildman–Crippen LogP) is 4.12. The Balaban J connectivity index is 1.23. The number of aliphatic hydroxyl groups is 2. The minimum absolute atomic E-state index is 0.0392. The first kappa shape index (κ1) is 23.7. The van der Waals surface area contributed by atoms with Gasteiger partial charge in [-0.2, -0.15) is 0 Å². The molecule has 1 saturated carbocycles. The fraction of sp³-hybridized carbons (Fsp3) is 0.741. The van der Waals surface area contributed by atoms with E-state index in [1.807, 2.05) is 11.8 Å². The first-order valence-electron chi connectivity index (χ1n) is 12.9. The Bertz CT molecular complexity index is 907. The number of nitrogens with zero attached hydrogens (tertiary/aromatic N) is 2. The maximum absolute atomic E-state index is 10.1. The smallest absolute Gasteiger partial charge is 0.159 e. The van der Waals surface area contributed by atoms with Gasteiger partial charge in [0.2, 0.25) is 0 Å². The molecular weight excluding hydrogens is 430 g/mol. The number of hydrogen-bond donors (Lipinski definition) is 3. The number of hydrogen-bond acceptors (Lipinski definition) is 6. The van der Waals surface area contributed by atoms with Gasteiger partial charge < -0.3 is 20.4 Å². The van der Waals surface area contributed by atoms with E-state index < -0.39 is 12.2 Å². The van der Waals surface area contributed by atoms with Crippen LogP contribution in [-0.4, -0.2) is 63.4 Å². The highest BCUT2D eigenvalue weighted by Crippen LogP contribution is 2.47. The van der Waals surface area contributed by atoms with Crippen LogP contribution in [0.25, 0.3) is 0 Å². The summed E-state index contributed by atoms with van der Waals surface area (Å²) < 4.78 is 0. The van der Waals surface area contributed by atoms with E-state index in [9.17, 15) is 10.2 Å². The molecular formula is C27H41N3O2S. The summed E-state index contributed by atoms with van der Waals surface area (Å²) in [5, 5.41) is 24.7. The molecule has 0 spiro atoms. The largest absolute Gasteiger partial charge is 0.390 e. The number of aliphatic imine (C=N–C) groups is 1. The maximum Gasteiger partial charge on any atom is 0.159 e. The van der Waals surface area contributed by atoms with Gasteiger partial charge in [-0.05, 0) is 66.0 Å². The molecule has 5 nitrogen and oxygen atoms in total. The van der Waals surface area contributed by atoms with Gasteiger partial charge in [-0.25, -0.2) is 0 Å².